The fraction of sp³-hybridized carbons (Fsp3) is 0.333. The van der Waals surface area contributed by atoms with Gasteiger partial charge < -0.3 is 5.11 Å². The largest absolute Gasteiger partial charge is 0.480 e. The molecule has 0 bridgehead atoms. The number of rotatable bonds is 2. The average molecular weight is 207 g/mol. The van der Waals surface area contributed by atoms with Gasteiger partial charge in [0.1, 0.15) is 6.54 Å². The summed E-state index contributed by atoms with van der Waals surface area (Å²) in [6, 6.07) is 0. The first-order chi connectivity index (χ1) is 4.70. The van der Waals surface area contributed by atoms with Crippen LogP contribution in [0.25, 0.3) is 0 Å². The third-order valence-corrected chi connectivity index (χ3v) is 1.34. The second-order valence-corrected chi connectivity index (χ2v) is 2.21. The Bertz CT molecular complexity index is 246. The molecule has 1 aromatic rings. The zero-order chi connectivity index (χ0) is 7.56. The van der Waals surface area contributed by atoms with Crippen LogP contribution < -0.4 is 0 Å². The van der Waals surface area contributed by atoms with E-state index in [1.165, 1.54) is 0 Å². The number of halogens is 1. The molecule has 0 aliphatic rings. The lowest BCUT2D eigenvalue weighted by molar-refractivity contribution is -0.137. The first-order valence-electron chi connectivity index (χ1n) is 2.33. The Morgan fingerprint density at radius 2 is 2.50 bits per heavy atom. The molecule has 10 heavy (non-hydrogen) atoms. The van der Waals surface area contributed by atoms with Crippen molar-refractivity contribution in [3.63, 3.8) is 0 Å². The maximum atomic E-state index is 10.1. The van der Waals surface area contributed by atoms with Crippen LogP contribution in [0.15, 0.2) is 4.73 Å². The molecule has 1 aromatic heterocycles. The number of nitrogens with zero attached hydrogens (tertiary/aromatic N) is 4. The monoisotopic (exact) mass is 206 g/mol. The summed E-state index contributed by atoms with van der Waals surface area (Å²) in [4.78, 5) is 10.1. The van der Waals surface area contributed by atoms with Crippen LogP contribution in [0.1, 0.15) is 0 Å². The maximum Gasteiger partial charge on any atom is 0.325 e. The van der Waals surface area contributed by atoms with Gasteiger partial charge in [0.2, 0.25) is 4.73 Å². The zero-order valence-electron chi connectivity index (χ0n) is 4.73. The van der Waals surface area contributed by atoms with Gasteiger partial charge in [-0.3, -0.25) is 4.79 Å². The molecule has 1 heterocycles. The molecule has 0 aromatic carbocycles. The molecule has 7 heteroatoms. The first-order valence-corrected chi connectivity index (χ1v) is 3.13. The highest BCUT2D eigenvalue weighted by Crippen LogP contribution is 2.00. The smallest absolute Gasteiger partial charge is 0.325 e. The van der Waals surface area contributed by atoms with Crippen molar-refractivity contribution in [3.05, 3.63) is 4.73 Å². The van der Waals surface area contributed by atoms with E-state index < -0.39 is 5.97 Å². The molecule has 54 valence electrons. The number of hydrogen-bond acceptors (Lipinski definition) is 4. The van der Waals surface area contributed by atoms with E-state index in [2.05, 4.69) is 31.5 Å². The third kappa shape index (κ3) is 1.50. The molecule has 0 radical (unpaired) electrons. The van der Waals surface area contributed by atoms with Crippen LogP contribution in [0, 0.1) is 0 Å². The van der Waals surface area contributed by atoms with Gasteiger partial charge in [0.25, 0.3) is 0 Å². The van der Waals surface area contributed by atoms with Crippen molar-refractivity contribution in [3.8, 4) is 0 Å². The van der Waals surface area contributed by atoms with Crippen molar-refractivity contribution < 1.29 is 9.90 Å². The van der Waals surface area contributed by atoms with E-state index >= 15 is 0 Å². The summed E-state index contributed by atoms with van der Waals surface area (Å²) in [5.74, 6) is -0.979. The van der Waals surface area contributed by atoms with Gasteiger partial charge in [-0.15, -0.1) is 5.10 Å². The van der Waals surface area contributed by atoms with Crippen LogP contribution >= 0.6 is 15.9 Å². The SMILES string of the molecule is O=C(O)Cn1nnnc1Br. The molecular formula is C3H3BrN4O2. The van der Waals surface area contributed by atoms with Gasteiger partial charge >= 0.3 is 5.97 Å². The van der Waals surface area contributed by atoms with Crippen LogP contribution in [-0.4, -0.2) is 31.3 Å². The summed E-state index contributed by atoms with van der Waals surface area (Å²) in [5, 5.41) is 18.3. The highest BCUT2D eigenvalue weighted by atomic mass is 79.9. The van der Waals surface area contributed by atoms with Crippen LogP contribution in [0.2, 0.25) is 0 Å². The Balaban J connectivity index is 2.74. The average Bonchev–Trinajstić information content (AvgIpc) is 2.15. The number of hydrogen-bond donors (Lipinski definition) is 1. The third-order valence-electron chi connectivity index (χ3n) is 0.773. The van der Waals surface area contributed by atoms with Crippen molar-refractivity contribution in [1.82, 2.24) is 20.2 Å². The van der Waals surface area contributed by atoms with E-state index in [9.17, 15) is 4.79 Å². The van der Waals surface area contributed by atoms with Gasteiger partial charge in [0, 0.05) is 0 Å². The zero-order valence-corrected chi connectivity index (χ0v) is 6.32. The molecule has 0 spiro atoms. The second kappa shape index (κ2) is 2.74. The topological polar surface area (TPSA) is 80.9 Å². The van der Waals surface area contributed by atoms with E-state index in [0.717, 1.165) is 4.68 Å². The Morgan fingerprint density at radius 1 is 1.80 bits per heavy atom. The fourth-order valence-electron chi connectivity index (χ4n) is 0.419. The van der Waals surface area contributed by atoms with Crippen LogP contribution in [0.5, 0.6) is 0 Å². The molecule has 0 amide bonds. The van der Waals surface area contributed by atoms with Crippen molar-refractivity contribution in [1.29, 1.82) is 0 Å². The van der Waals surface area contributed by atoms with Gasteiger partial charge in [-0.25, -0.2) is 4.68 Å². The van der Waals surface area contributed by atoms with Crippen molar-refractivity contribution in [2.45, 2.75) is 6.54 Å². The normalized spacial score (nSPS) is 9.70. The predicted octanol–water partition coefficient (Wildman–Crippen LogP) is -0.480. The standard InChI is InChI=1S/C3H3BrN4O2/c4-3-5-6-7-8(3)1-2(9)10/h1H2,(H,9,10). The lowest BCUT2D eigenvalue weighted by atomic mass is 10.7. The van der Waals surface area contributed by atoms with Gasteiger partial charge in [-0.05, 0) is 26.4 Å². The first kappa shape index (κ1) is 7.13. The molecule has 1 N–H and O–H groups in total. The number of carboxylic acid groups (broad SMARTS) is 1. The van der Waals surface area contributed by atoms with Crippen molar-refractivity contribution >= 4 is 21.9 Å². The molecule has 0 fully saturated rings. The summed E-state index contributed by atoms with van der Waals surface area (Å²) in [5.41, 5.74) is 0. The summed E-state index contributed by atoms with van der Waals surface area (Å²) in [6.07, 6.45) is 0. The number of carbonyl (C=O) groups is 1. The number of tetrazole rings is 1. The van der Waals surface area contributed by atoms with Crippen molar-refractivity contribution in [2.24, 2.45) is 0 Å². The van der Waals surface area contributed by atoms with Gasteiger partial charge in [0.15, 0.2) is 0 Å². The Morgan fingerprint density at radius 3 is 2.90 bits per heavy atom. The lowest BCUT2D eigenvalue weighted by Crippen LogP contribution is -2.10. The van der Waals surface area contributed by atoms with E-state index in [1.807, 2.05) is 0 Å². The molecule has 1 rings (SSSR count). The molecule has 0 aliphatic carbocycles. The predicted molar refractivity (Wildman–Crippen MR) is 33.2 cm³/mol. The van der Waals surface area contributed by atoms with Crippen LogP contribution in [0.4, 0.5) is 0 Å². The maximum absolute atomic E-state index is 10.1. The van der Waals surface area contributed by atoms with Crippen LogP contribution in [0.3, 0.4) is 0 Å². The summed E-state index contributed by atoms with van der Waals surface area (Å²) >= 11 is 2.96. The number of aliphatic carboxylic acids is 1. The lowest BCUT2D eigenvalue weighted by Gasteiger charge is -1.91. The molecule has 0 atom stereocenters. The number of carboxylic acids is 1. The number of aromatic nitrogens is 4. The van der Waals surface area contributed by atoms with Gasteiger partial charge in [0.05, 0.1) is 0 Å². The highest BCUT2D eigenvalue weighted by Gasteiger charge is 2.04. The molecule has 0 saturated carbocycles. The highest BCUT2D eigenvalue weighted by molar-refractivity contribution is 9.10. The molecule has 0 saturated heterocycles. The Labute approximate surface area is 64.0 Å². The summed E-state index contributed by atoms with van der Waals surface area (Å²) in [7, 11) is 0. The Kier molecular flexibility index (Phi) is 1.95. The molecular weight excluding hydrogens is 204 g/mol. The van der Waals surface area contributed by atoms with E-state index in [1.54, 1.807) is 0 Å². The minimum absolute atomic E-state index is 0.229. The Hall–Kier alpha value is -0.980. The van der Waals surface area contributed by atoms with Crippen LogP contribution in [-0.2, 0) is 11.3 Å². The summed E-state index contributed by atoms with van der Waals surface area (Å²) in [6.45, 7) is -0.229. The van der Waals surface area contributed by atoms with Gasteiger partial charge in [-0.2, -0.15) is 0 Å². The van der Waals surface area contributed by atoms with Crippen molar-refractivity contribution in [2.75, 3.05) is 0 Å². The summed E-state index contributed by atoms with van der Waals surface area (Å²) < 4.78 is 1.44. The molecule has 0 aliphatic heterocycles. The van der Waals surface area contributed by atoms with E-state index in [4.69, 9.17) is 5.11 Å². The minimum Gasteiger partial charge on any atom is -0.480 e. The molecule has 6 nitrogen and oxygen atoms in total. The minimum atomic E-state index is -0.979. The quantitative estimate of drug-likeness (QED) is 0.708. The van der Waals surface area contributed by atoms with Gasteiger partial charge in [-0.1, -0.05) is 0 Å². The second-order valence-electron chi connectivity index (χ2n) is 1.50. The fourth-order valence-corrected chi connectivity index (χ4v) is 0.686. The van der Waals surface area contributed by atoms with E-state index in [-0.39, 0.29) is 6.54 Å². The van der Waals surface area contributed by atoms with E-state index in [0.29, 0.717) is 4.73 Å². The molecule has 0 unspecified atom stereocenters.